The topological polar surface area (TPSA) is 98.8 Å². The van der Waals surface area contributed by atoms with Gasteiger partial charge in [0.2, 0.25) is 0 Å². The Morgan fingerprint density at radius 2 is 1.97 bits per heavy atom. The van der Waals surface area contributed by atoms with Gasteiger partial charge in [0.15, 0.2) is 8.32 Å². The maximum absolute atomic E-state index is 13.3. The van der Waals surface area contributed by atoms with Gasteiger partial charge in [0.1, 0.15) is 12.2 Å². The number of carbonyl (C=O) groups is 2. The molecule has 3 rings (SSSR count). The largest absolute Gasteiger partial charge is 0.465 e. The molecule has 33 heavy (non-hydrogen) atoms. The number of hydrogen-bond acceptors (Lipinski definition) is 4. The number of rotatable bonds is 6. The molecule has 0 spiro atoms. The molecule has 1 aromatic carbocycles. The van der Waals surface area contributed by atoms with Gasteiger partial charge >= 0.3 is 6.09 Å². The highest BCUT2D eigenvalue weighted by Crippen LogP contribution is 2.41. The van der Waals surface area contributed by atoms with E-state index >= 15 is 0 Å². The summed E-state index contributed by atoms with van der Waals surface area (Å²) in [5.41, 5.74) is 1.11. The van der Waals surface area contributed by atoms with E-state index in [0.29, 0.717) is 42.8 Å². The number of carbonyl (C=O) groups excluding carboxylic acids is 1. The minimum atomic E-state index is -1.92. The maximum Gasteiger partial charge on any atom is 0.412 e. The van der Waals surface area contributed by atoms with Crippen molar-refractivity contribution in [1.82, 2.24) is 9.47 Å². The number of nitrogens with zero attached hydrogens (tertiary/aromatic N) is 4. The van der Waals surface area contributed by atoms with Crippen molar-refractivity contribution in [1.29, 1.82) is 5.26 Å². The lowest BCUT2D eigenvalue weighted by molar-refractivity contribution is 0.0674. The monoisotopic (exact) mass is 510 g/mol. The number of anilines is 1. The van der Waals surface area contributed by atoms with Crippen molar-refractivity contribution >= 4 is 60.1 Å². The fraction of sp³-hybridized carbons (Fsp3) is 0.500. The zero-order valence-corrected chi connectivity index (χ0v) is 21.9. The lowest BCUT2D eigenvalue weighted by Gasteiger charge is -2.37. The second-order valence-electron chi connectivity index (χ2n) is 9.56. The van der Waals surface area contributed by atoms with Crippen LogP contribution in [-0.4, -0.2) is 61.1 Å². The summed E-state index contributed by atoms with van der Waals surface area (Å²) < 4.78 is 8.00. The van der Waals surface area contributed by atoms with E-state index in [9.17, 15) is 14.7 Å². The highest BCUT2D eigenvalue weighted by molar-refractivity contribution is 6.74. The van der Waals surface area contributed by atoms with E-state index in [4.69, 9.17) is 32.9 Å². The van der Waals surface area contributed by atoms with Crippen molar-refractivity contribution in [2.45, 2.75) is 45.4 Å². The van der Waals surface area contributed by atoms with Crippen molar-refractivity contribution in [3.05, 3.63) is 27.9 Å². The Labute approximate surface area is 204 Å². The molecule has 0 saturated heterocycles. The number of amides is 2. The number of hydrogen-bond donors (Lipinski definition) is 1. The smallest absolute Gasteiger partial charge is 0.412 e. The predicted molar refractivity (Wildman–Crippen MR) is 132 cm³/mol. The Morgan fingerprint density at radius 3 is 2.55 bits per heavy atom. The molecule has 1 aliphatic rings. The van der Waals surface area contributed by atoms with Crippen molar-refractivity contribution < 1.29 is 19.1 Å². The Kier molecular flexibility index (Phi) is 7.06. The van der Waals surface area contributed by atoms with Crippen LogP contribution in [-0.2, 0) is 11.0 Å². The zero-order valence-electron chi connectivity index (χ0n) is 19.4. The number of carboxylic acid groups (broad SMARTS) is 1. The predicted octanol–water partition coefficient (Wildman–Crippen LogP) is 5.43. The van der Waals surface area contributed by atoms with Gasteiger partial charge in [-0.25, -0.2) is 4.79 Å². The highest BCUT2D eigenvalue weighted by atomic mass is 35.5. The summed E-state index contributed by atoms with van der Waals surface area (Å²) in [6.45, 7) is 12.3. The fourth-order valence-electron chi connectivity index (χ4n) is 3.64. The van der Waals surface area contributed by atoms with Crippen LogP contribution in [0.2, 0.25) is 28.2 Å². The molecule has 1 aromatic heterocycles. The SMILES string of the molecule is CC(C)(C)[Si](C)(C)OCCN1CCn2c(cc3c(N(CC#N)C(=O)O)cc(Cl)c(Cl)c32)C1=O. The molecule has 2 heterocycles. The summed E-state index contributed by atoms with van der Waals surface area (Å²) in [5, 5.41) is 19.6. The summed E-state index contributed by atoms with van der Waals surface area (Å²) in [7, 11) is -1.92. The summed E-state index contributed by atoms with van der Waals surface area (Å²) >= 11 is 12.8. The number of benzene rings is 1. The van der Waals surface area contributed by atoms with Gasteiger partial charge in [0, 0.05) is 25.0 Å². The van der Waals surface area contributed by atoms with Crippen LogP contribution in [0.1, 0.15) is 31.3 Å². The average Bonchev–Trinajstić information content (AvgIpc) is 3.10. The zero-order chi connectivity index (χ0) is 24.7. The molecule has 11 heteroatoms. The Morgan fingerprint density at radius 1 is 1.30 bits per heavy atom. The van der Waals surface area contributed by atoms with Crippen molar-refractivity contribution in [3.8, 4) is 6.07 Å². The minimum absolute atomic E-state index is 0.0805. The first-order valence-electron chi connectivity index (χ1n) is 10.6. The molecule has 0 aliphatic carbocycles. The van der Waals surface area contributed by atoms with Gasteiger partial charge in [-0.3, -0.25) is 9.69 Å². The lowest BCUT2D eigenvalue weighted by atomic mass is 10.2. The van der Waals surface area contributed by atoms with Crippen molar-refractivity contribution in [2.24, 2.45) is 0 Å². The van der Waals surface area contributed by atoms with Crippen LogP contribution in [0.5, 0.6) is 0 Å². The van der Waals surface area contributed by atoms with Gasteiger partial charge in [-0.15, -0.1) is 0 Å². The minimum Gasteiger partial charge on any atom is -0.465 e. The van der Waals surface area contributed by atoms with Gasteiger partial charge in [-0.05, 0) is 30.3 Å². The lowest BCUT2D eigenvalue weighted by Crippen LogP contribution is -2.45. The Hall–Kier alpha value is -2.25. The third-order valence-electron chi connectivity index (χ3n) is 6.53. The highest BCUT2D eigenvalue weighted by Gasteiger charge is 2.37. The van der Waals surface area contributed by atoms with E-state index < -0.39 is 14.4 Å². The number of aromatic nitrogens is 1. The third kappa shape index (κ3) is 4.71. The summed E-state index contributed by atoms with van der Waals surface area (Å²) in [5.74, 6) is -0.184. The van der Waals surface area contributed by atoms with Crippen LogP contribution in [0.3, 0.4) is 0 Å². The molecule has 1 N–H and O–H groups in total. The van der Waals surface area contributed by atoms with Crippen LogP contribution in [0.4, 0.5) is 10.5 Å². The molecule has 0 atom stereocenters. The molecule has 8 nitrogen and oxygen atoms in total. The Balaban J connectivity index is 1.95. The molecular weight excluding hydrogens is 483 g/mol. The van der Waals surface area contributed by atoms with E-state index in [1.54, 1.807) is 15.5 Å². The van der Waals surface area contributed by atoms with Gasteiger partial charge in [0.25, 0.3) is 5.91 Å². The van der Waals surface area contributed by atoms with E-state index in [1.165, 1.54) is 6.07 Å². The second-order valence-corrected chi connectivity index (χ2v) is 15.2. The fourth-order valence-corrected chi connectivity index (χ4v) is 5.13. The van der Waals surface area contributed by atoms with Gasteiger partial charge in [-0.1, -0.05) is 44.0 Å². The third-order valence-corrected chi connectivity index (χ3v) is 11.9. The maximum atomic E-state index is 13.3. The Bertz CT molecular complexity index is 1150. The normalized spacial score (nSPS) is 14.4. The average molecular weight is 511 g/mol. The molecule has 178 valence electrons. The van der Waals surface area contributed by atoms with E-state index in [2.05, 4.69) is 33.9 Å². The van der Waals surface area contributed by atoms with Crippen LogP contribution in [0, 0.1) is 11.3 Å². The van der Waals surface area contributed by atoms with Crippen molar-refractivity contribution in [2.75, 3.05) is 31.1 Å². The van der Waals surface area contributed by atoms with Crippen LogP contribution in [0.25, 0.3) is 10.9 Å². The molecule has 0 radical (unpaired) electrons. The van der Waals surface area contributed by atoms with Crippen LogP contribution < -0.4 is 4.90 Å². The van der Waals surface area contributed by atoms with Gasteiger partial charge in [-0.2, -0.15) is 5.26 Å². The molecule has 0 bridgehead atoms. The van der Waals surface area contributed by atoms with Crippen LogP contribution >= 0.6 is 23.2 Å². The molecule has 1 aliphatic heterocycles. The number of nitriles is 1. The molecule has 0 unspecified atom stereocenters. The van der Waals surface area contributed by atoms with Crippen molar-refractivity contribution in [3.63, 3.8) is 0 Å². The first-order valence-corrected chi connectivity index (χ1v) is 14.3. The van der Waals surface area contributed by atoms with E-state index in [1.807, 2.05) is 6.07 Å². The number of halogens is 2. The molecular formula is C22H28Cl2N4O4Si. The summed E-state index contributed by atoms with van der Waals surface area (Å²) in [6.07, 6.45) is -1.30. The quantitative estimate of drug-likeness (QED) is 0.412. The van der Waals surface area contributed by atoms with Gasteiger partial charge < -0.3 is 19.0 Å². The molecule has 0 fully saturated rings. The van der Waals surface area contributed by atoms with E-state index in [0.717, 1.165) is 4.90 Å². The van der Waals surface area contributed by atoms with Gasteiger partial charge in [0.05, 0.1) is 33.9 Å². The molecule has 2 aromatic rings. The van der Waals surface area contributed by atoms with E-state index in [-0.39, 0.29) is 33.2 Å². The first kappa shape index (κ1) is 25.4. The first-order chi connectivity index (χ1) is 15.3. The standard InChI is InChI=1S/C22H28Cl2N4O4Si/c1-22(2,3)33(4,5)32-11-10-26-8-9-27-17(20(26)29)12-14-16(28(7-6-25)21(30)31)13-15(23)18(24)19(14)27/h12-13H,7-11H2,1-5H3,(H,30,31). The summed E-state index contributed by atoms with van der Waals surface area (Å²) in [4.78, 5) is 27.7. The summed E-state index contributed by atoms with van der Waals surface area (Å²) in [6, 6.07) is 4.89. The molecule has 2 amide bonds. The van der Waals surface area contributed by atoms with Crippen LogP contribution in [0.15, 0.2) is 12.1 Å². The number of fused-ring (bicyclic) bond motifs is 3. The molecule has 0 saturated carbocycles. The second kappa shape index (κ2) is 9.18.